The van der Waals surface area contributed by atoms with E-state index < -0.39 is 33.7 Å². The highest BCUT2D eigenvalue weighted by atomic mass is 32.2. The van der Waals surface area contributed by atoms with Gasteiger partial charge in [-0.25, -0.2) is 8.42 Å². The van der Waals surface area contributed by atoms with Crippen molar-refractivity contribution in [1.82, 2.24) is 0 Å². The normalized spacial score (nSPS) is 12.7. The summed E-state index contributed by atoms with van der Waals surface area (Å²) in [5, 5.41) is -2.03. The zero-order valence-corrected chi connectivity index (χ0v) is 14.0. The van der Waals surface area contributed by atoms with Gasteiger partial charge in [0.1, 0.15) is 10.1 Å². The van der Waals surface area contributed by atoms with Gasteiger partial charge in [0.2, 0.25) is 0 Å². The third-order valence-corrected chi connectivity index (χ3v) is 4.02. The van der Waals surface area contributed by atoms with E-state index in [1.165, 1.54) is 0 Å². The molecule has 0 aliphatic carbocycles. The monoisotopic (exact) mass is 337 g/mol. The molecular weight excluding hydrogens is 312 g/mol. The van der Waals surface area contributed by atoms with E-state index in [1.54, 1.807) is 0 Å². The van der Waals surface area contributed by atoms with E-state index in [1.807, 2.05) is 13.8 Å². The molecule has 1 atom stereocenters. The Morgan fingerprint density at radius 2 is 1.45 bits per heavy atom. The summed E-state index contributed by atoms with van der Waals surface area (Å²) >= 11 is 0. The number of hydrogen-bond donors (Lipinski definition) is 0. The number of hydrogen-bond acceptors (Lipinski definition) is 7. The minimum atomic E-state index is -4.96. The van der Waals surface area contributed by atoms with Crippen LogP contribution in [0.1, 0.15) is 58.8 Å². The molecule has 22 heavy (non-hydrogen) atoms. The van der Waals surface area contributed by atoms with Crippen molar-refractivity contribution in [3.8, 4) is 0 Å². The summed E-state index contributed by atoms with van der Waals surface area (Å²) in [5.74, 6) is -2.07. The first-order chi connectivity index (χ1) is 10.3. The van der Waals surface area contributed by atoms with Crippen LogP contribution in [-0.4, -0.2) is 43.4 Å². The van der Waals surface area contributed by atoms with Gasteiger partial charge in [0.25, 0.3) is 0 Å². The summed E-state index contributed by atoms with van der Waals surface area (Å²) in [6, 6.07) is 0. The molecule has 0 fully saturated rings. The van der Waals surface area contributed by atoms with Crippen LogP contribution in [-0.2, 0) is 29.2 Å². The lowest BCUT2D eigenvalue weighted by molar-refractivity contribution is -0.150. The third-order valence-electron chi connectivity index (χ3n) is 2.97. The van der Waals surface area contributed by atoms with Gasteiger partial charge in [0, 0.05) is 0 Å². The molecule has 0 saturated heterocycles. The average molecular weight is 337 g/mol. The fraction of sp³-hybridized carbons (Fsp3) is 0.857. The molecule has 0 aliphatic rings. The standard InChI is InChI=1S/C14H26O7S/c1-3-5-7-9-20-13(15)11-12(22(17,18)19)14(16)21-10-8-6-4-2/h12H,3-11H2,1-2H3,(H,17,18,19)/p-1. The van der Waals surface area contributed by atoms with Gasteiger partial charge in [-0.2, -0.15) is 0 Å². The van der Waals surface area contributed by atoms with Crippen LogP contribution < -0.4 is 0 Å². The Balaban J connectivity index is 4.40. The Hall–Kier alpha value is -1.15. The Kier molecular flexibility index (Phi) is 10.8. The molecular formula is C14H25O7S-. The van der Waals surface area contributed by atoms with Crippen molar-refractivity contribution in [2.24, 2.45) is 0 Å². The van der Waals surface area contributed by atoms with Crippen molar-refractivity contribution in [2.75, 3.05) is 13.2 Å². The van der Waals surface area contributed by atoms with Crippen LogP contribution in [0.15, 0.2) is 0 Å². The zero-order chi connectivity index (χ0) is 17.0. The quantitative estimate of drug-likeness (QED) is 0.303. The summed E-state index contributed by atoms with van der Waals surface area (Å²) in [6.45, 7) is 4.12. The molecule has 0 bridgehead atoms. The molecule has 7 nitrogen and oxygen atoms in total. The van der Waals surface area contributed by atoms with Crippen LogP contribution in [0.3, 0.4) is 0 Å². The van der Waals surface area contributed by atoms with E-state index in [4.69, 9.17) is 9.47 Å². The molecule has 1 unspecified atom stereocenters. The summed E-state index contributed by atoms with van der Waals surface area (Å²) in [6.07, 6.45) is 3.97. The van der Waals surface area contributed by atoms with Crippen LogP contribution in [0.4, 0.5) is 0 Å². The maximum absolute atomic E-state index is 11.7. The van der Waals surface area contributed by atoms with Gasteiger partial charge in [-0.1, -0.05) is 39.5 Å². The topological polar surface area (TPSA) is 110 Å². The lowest BCUT2D eigenvalue weighted by Crippen LogP contribution is -2.34. The van der Waals surface area contributed by atoms with Crippen LogP contribution in [0.5, 0.6) is 0 Å². The van der Waals surface area contributed by atoms with Crippen molar-refractivity contribution in [2.45, 2.75) is 64.0 Å². The van der Waals surface area contributed by atoms with Crippen molar-refractivity contribution < 1.29 is 32.0 Å². The van der Waals surface area contributed by atoms with Gasteiger partial charge in [-0.15, -0.1) is 0 Å². The third kappa shape index (κ3) is 9.73. The molecule has 0 spiro atoms. The van der Waals surface area contributed by atoms with Crippen molar-refractivity contribution in [3.05, 3.63) is 0 Å². The Morgan fingerprint density at radius 1 is 0.955 bits per heavy atom. The largest absolute Gasteiger partial charge is 0.747 e. The number of unbranched alkanes of at least 4 members (excludes halogenated alkanes) is 4. The molecule has 0 radical (unpaired) electrons. The van der Waals surface area contributed by atoms with E-state index in [2.05, 4.69) is 0 Å². The fourth-order valence-electron chi connectivity index (χ4n) is 1.67. The Labute approximate surface area is 132 Å². The molecule has 130 valence electrons. The lowest BCUT2D eigenvalue weighted by Gasteiger charge is -2.18. The van der Waals surface area contributed by atoms with Crippen LogP contribution >= 0.6 is 0 Å². The molecule has 0 aliphatic heterocycles. The van der Waals surface area contributed by atoms with Crippen molar-refractivity contribution in [3.63, 3.8) is 0 Å². The van der Waals surface area contributed by atoms with Gasteiger partial charge in [-0.05, 0) is 12.8 Å². The average Bonchev–Trinajstić information content (AvgIpc) is 2.44. The first-order valence-corrected chi connectivity index (χ1v) is 9.07. The molecule has 0 amide bonds. The highest BCUT2D eigenvalue weighted by Gasteiger charge is 2.30. The van der Waals surface area contributed by atoms with Gasteiger partial charge < -0.3 is 14.0 Å². The second kappa shape index (κ2) is 11.4. The number of ether oxygens (including phenoxy) is 2. The molecule has 8 heteroatoms. The van der Waals surface area contributed by atoms with E-state index in [0.717, 1.165) is 25.7 Å². The molecule has 0 N–H and O–H groups in total. The molecule has 0 rings (SSSR count). The minimum Gasteiger partial charge on any atom is -0.747 e. The first kappa shape index (κ1) is 20.9. The van der Waals surface area contributed by atoms with Crippen LogP contribution in [0, 0.1) is 0 Å². The molecule has 0 aromatic rings. The van der Waals surface area contributed by atoms with Crippen LogP contribution in [0.2, 0.25) is 0 Å². The Bertz CT molecular complexity index is 430. The van der Waals surface area contributed by atoms with Crippen LogP contribution in [0.25, 0.3) is 0 Å². The van der Waals surface area contributed by atoms with Gasteiger partial charge in [0.15, 0.2) is 5.25 Å². The second-order valence-electron chi connectivity index (χ2n) is 4.99. The maximum atomic E-state index is 11.7. The van der Waals surface area contributed by atoms with E-state index in [9.17, 15) is 22.6 Å². The summed E-state index contributed by atoms with van der Waals surface area (Å²) in [5.41, 5.74) is 0. The zero-order valence-electron chi connectivity index (χ0n) is 13.2. The summed E-state index contributed by atoms with van der Waals surface area (Å²) in [7, 11) is -4.96. The predicted molar refractivity (Wildman–Crippen MR) is 79.1 cm³/mol. The smallest absolute Gasteiger partial charge is 0.323 e. The van der Waals surface area contributed by atoms with E-state index >= 15 is 0 Å². The van der Waals surface area contributed by atoms with E-state index in [-0.39, 0.29) is 13.2 Å². The van der Waals surface area contributed by atoms with Gasteiger partial charge in [-0.3, -0.25) is 9.59 Å². The number of rotatable bonds is 12. The molecule has 0 heterocycles. The van der Waals surface area contributed by atoms with Gasteiger partial charge >= 0.3 is 11.9 Å². The van der Waals surface area contributed by atoms with Gasteiger partial charge in [0.05, 0.1) is 19.6 Å². The summed E-state index contributed by atoms with van der Waals surface area (Å²) in [4.78, 5) is 23.2. The predicted octanol–water partition coefficient (Wildman–Crippen LogP) is 1.76. The number of esters is 2. The first-order valence-electron chi connectivity index (χ1n) is 7.59. The van der Waals surface area contributed by atoms with E-state index in [0.29, 0.717) is 12.8 Å². The maximum Gasteiger partial charge on any atom is 0.323 e. The highest BCUT2D eigenvalue weighted by molar-refractivity contribution is 7.87. The lowest BCUT2D eigenvalue weighted by atomic mass is 10.2. The van der Waals surface area contributed by atoms with Crippen molar-refractivity contribution in [1.29, 1.82) is 0 Å². The molecule has 0 aromatic heterocycles. The Morgan fingerprint density at radius 3 is 1.91 bits per heavy atom. The molecule has 0 saturated carbocycles. The fourth-order valence-corrected chi connectivity index (χ4v) is 2.31. The number of carbonyl (C=O) groups excluding carboxylic acids is 2. The molecule has 0 aromatic carbocycles. The van der Waals surface area contributed by atoms with Crippen molar-refractivity contribution >= 4 is 22.1 Å². The second-order valence-corrected chi connectivity index (χ2v) is 6.54. The highest BCUT2D eigenvalue weighted by Crippen LogP contribution is 2.10. The SMILES string of the molecule is CCCCCOC(=O)CC(C(=O)OCCCCC)S(=O)(=O)[O-]. The number of carbonyl (C=O) groups is 2. The minimum absolute atomic E-state index is 0.0320. The summed E-state index contributed by atoms with van der Waals surface area (Å²) < 4.78 is 42.9.